The van der Waals surface area contributed by atoms with Crippen LogP contribution in [0.1, 0.15) is 101 Å². The number of benzene rings is 3. The predicted octanol–water partition coefficient (Wildman–Crippen LogP) is 8.66. The van der Waals surface area contributed by atoms with E-state index in [-0.39, 0.29) is 12.2 Å². The summed E-state index contributed by atoms with van der Waals surface area (Å²) >= 11 is 1.25. The molecule has 0 aliphatic rings. The normalized spacial score (nSPS) is 12.9. The van der Waals surface area contributed by atoms with E-state index in [1.807, 2.05) is 66.7 Å². The molecule has 0 saturated heterocycles. The van der Waals surface area contributed by atoms with Gasteiger partial charge in [0.25, 0.3) is 0 Å². The molecule has 0 bridgehead atoms. The molecule has 11 heteroatoms. The number of tetrazole rings is 1. The van der Waals surface area contributed by atoms with Crippen molar-refractivity contribution >= 4 is 35.1 Å². The number of amides is 1. The molecule has 51 heavy (non-hydrogen) atoms. The predicted molar refractivity (Wildman–Crippen MR) is 201 cm³/mol. The minimum Gasteiger partial charge on any atom is -0.462 e. The van der Waals surface area contributed by atoms with Crippen molar-refractivity contribution in [3.8, 4) is 5.69 Å². The Labute approximate surface area is 306 Å². The third kappa shape index (κ3) is 13.7. The zero-order valence-electron chi connectivity index (χ0n) is 29.8. The van der Waals surface area contributed by atoms with Crippen molar-refractivity contribution in [2.24, 2.45) is 0 Å². The quantitative estimate of drug-likeness (QED) is 0.0250. The summed E-state index contributed by atoms with van der Waals surface area (Å²) in [4.78, 5) is 39.7. The van der Waals surface area contributed by atoms with Gasteiger partial charge in [-0.1, -0.05) is 137 Å². The van der Waals surface area contributed by atoms with Gasteiger partial charge >= 0.3 is 5.97 Å². The number of thioether (sulfide) groups is 1. The average molecular weight is 714 g/mol. The van der Waals surface area contributed by atoms with Crippen molar-refractivity contribution in [1.82, 2.24) is 20.2 Å². The second kappa shape index (κ2) is 22.5. The van der Waals surface area contributed by atoms with Crippen LogP contribution in [0.15, 0.2) is 96.2 Å². The van der Waals surface area contributed by atoms with Gasteiger partial charge in [0.1, 0.15) is 17.8 Å². The van der Waals surface area contributed by atoms with Crippen LogP contribution in [0.3, 0.4) is 0 Å². The second-order valence-corrected chi connectivity index (χ2v) is 13.8. The van der Waals surface area contributed by atoms with E-state index in [9.17, 15) is 14.4 Å². The van der Waals surface area contributed by atoms with Gasteiger partial charge in [0.05, 0.1) is 11.8 Å². The summed E-state index contributed by atoms with van der Waals surface area (Å²) in [5.41, 5.74) is 1.95. The lowest BCUT2D eigenvalue weighted by atomic mass is 9.98. The van der Waals surface area contributed by atoms with Gasteiger partial charge < -0.3 is 14.8 Å². The van der Waals surface area contributed by atoms with Gasteiger partial charge in [0.2, 0.25) is 11.1 Å². The molecule has 4 rings (SSSR count). The minimum absolute atomic E-state index is 0.111. The van der Waals surface area contributed by atoms with E-state index >= 15 is 0 Å². The SMILES string of the molecule is CCCCCCCCCCCC(CCC(OC)C(Sc1nnnn1-c1ccccc1)C(=O)c1ccccc1)OC(=O)CC(=O)Nc1ccccc1. The molecule has 3 atom stereocenters. The fourth-order valence-corrected chi connectivity index (χ4v) is 7.13. The number of anilines is 1. The molecule has 1 aromatic heterocycles. The smallest absolute Gasteiger partial charge is 0.315 e. The lowest BCUT2D eigenvalue weighted by Gasteiger charge is -2.26. The van der Waals surface area contributed by atoms with E-state index in [2.05, 4.69) is 27.8 Å². The largest absolute Gasteiger partial charge is 0.462 e. The van der Waals surface area contributed by atoms with Crippen LogP contribution >= 0.6 is 11.8 Å². The van der Waals surface area contributed by atoms with Gasteiger partial charge in [0, 0.05) is 18.4 Å². The number of carbonyl (C=O) groups excluding carboxylic acids is 3. The molecule has 0 saturated carbocycles. The fraction of sp³-hybridized carbons (Fsp3) is 0.450. The Morgan fingerprint density at radius 2 is 1.37 bits per heavy atom. The number of aromatic nitrogens is 4. The fourth-order valence-electron chi connectivity index (χ4n) is 5.94. The number of carbonyl (C=O) groups is 3. The van der Waals surface area contributed by atoms with Gasteiger partial charge in [-0.15, -0.1) is 5.10 Å². The summed E-state index contributed by atoms with van der Waals surface area (Å²) < 4.78 is 13.6. The number of methoxy groups -OCH3 is 1. The molecule has 1 heterocycles. The molecule has 1 N–H and O–H groups in total. The Morgan fingerprint density at radius 3 is 2.02 bits per heavy atom. The molecule has 1 amide bonds. The van der Waals surface area contributed by atoms with E-state index in [0.29, 0.717) is 35.7 Å². The standard InChI is InChI=1S/C40H51N5O5S/c1-3-4-5-6-7-8-9-10-20-27-34(50-37(47)30-36(46)41-32-23-16-12-17-24-32)28-29-35(49-2)39(38(48)31-21-14-11-15-22-31)51-40-42-43-44-45(40)33-25-18-13-19-26-33/h11-19,21-26,34-35,39H,3-10,20,27-30H2,1-2H3,(H,41,46). The Hall–Kier alpha value is -4.35. The summed E-state index contributed by atoms with van der Waals surface area (Å²) in [5, 5.41) is 14.9. The number of esters is 1. The highest BCUT2D eigenvalue weighted by Crippen LogP contribution is 2.31. The van der Waals surface area contributed by atoms with Crippen molar-refractivity contribution in [2.75, 3.05) is 12.4 Å². The van der Waals surface area contributed by atoms with Crippen molar-refractivity contribution in [3.05, 3.63) is 96.6 Å². The van der Waals surface area contributed by atoms with Gasteiger partial charge in [-0.25, -0.2) is 0 Å². The molecule has 3 aromatic carbocycles. The highest BCUT2D eigenvalue weighted by Gasteiger charge is 2.33. The molecule has 10 nitrogen and oxygen atoms in total. The van der Waals surface area contributed by atoms with Crippen LogP contribution in [0, 0.1) is 0 Å². The minimum atomic E-state index is -0.688. The number of rotatable bonds is 24. The number of para-hydroxylation sites is 2. The van der Waals surface area contributed by atoms with Crippen LogP contribution in [0.5, 0.6) is 0 Å². The monoisotopic (exact) mass is 713 g/mol. The number of Topliss-reactive ketones (excluding diaryl/α,β-unsaturated/α-hetero) is 1. The summed E-state index contributed by atoms with van der Waals surface area (Å²) in [6.07, 6.45) is 10.8. The van der Waals surface area contributed by atoms with Crippen LogP contribution in [0.4, 0.5) is 5.69 Å². The van der Waals surface area contributed by atoms with E-state index in [0.717, 1.165) is 24.9 Å². The number of ketones is 1. The maximum Gasteiger partial charge on any atom is 0.315 e. The number of hydrogen-bond donors (Lipinski definition) is 1. The van der Waals surface area contributed by atoms with Crippen LogP contribution in [0.25, 0.3) is 5.69 Å². The van der Waals surface area contributed by atoms with Gasteiger partial charge in [-0.3, -0.25) is 14.4 Å². The number of unbranched alkanes of at least 4 members (excludes halogenated alkanes) is 8. The Balaban J connectivity index is 1.44. The molecule has 0 spiro atoms. The molecular formula is C40H51N5O5S. The molecule has 0 fully saturated rings. The lowest BCUT2D eigenvalue weighted by molar-refractivity contribution is -0.151. The summed E-state index contributed by atoms with van der Waals surface area (Å²) in [6, 6.07) is 27.6. The van der Waals surface area contributed by atoms with E-state index < -0.39 is 29.3 Å². The van der Waals surface area contributed by atoms with Crippen LogP contribution < -0.4 is 5.32 Å². The number of ether oxygens (including phenoxy) is 2. The first-order chi connectivity index (χ1) is 25.0. The summed E-state index contributed by atoms with van der Waals surface area (Å²) in [6.45, 7) is 2.23. The number of nitrogens with zero attached hydrogens (tertiary/aromatic N) is 4. The molecule has 0 aliphatic heterocycles. The first-order valence-electron chi connectivity index (χ1n) is 18.1. The molecule has 3 unspecified atom stereocenters. The number of nitrogens with one attached hydrogen (secondary N) is 1. The van der Waals surface area contributed by atoms with Crippen LogP contribution in [0.2, 0.25) is 0 Å². The highest BCUT2D eigenvalue weighted by molar-refractivity contribution is 8.00. The Morgan fingerprint density at radius 1 is 0.765 bits per heavy atom. The first kappa shape index (κ1) is 39.4. The summed E-state index contributed by atoms with van der Waals surface area (Å²) in [7, 11) is 1.59. The van der Waals surface area contributed by atoms with Crippen molar-refractivity contribution in [3.63, 3.8) is 0 Å². The van der Waals surface area contributed by atoms with Crippen LogP contribution in [-0.4, -0.2) is 62.4 Å². The molecule has 0 aliphatic carbocycles. The maximum absolute atomic E-state index is 14.1. The zero-order valence-corrected chi connectivity index (χ0v) is 30.6. The number of hydrogen-bond acceptors (Lipinski definition) is 9. The third-order valence-electron chi connectivity index (χ3n) is 8.69. The maximum atomic E-state index is 14.1. The molecule has 4 aromatic rings. The van der Waals surface area contributed by atoms with Crippen molar-refractivity contribution < 1.29 is 23.9 Å². The van der Waals surface area contributed by atoms with E-state index in [1.165, 1.54) is 50.3 Å². The highest BCUT2D eigenvalue weighted by atomic mass is 32.2. The second-order valence-electron chi connectivity index (χ2n) is 12.6. The molecule has 0 radical (unpaired) electrons. The van der Waals surface area contributed by atoms with Crippen LogP contribution in [-0.2, 0) is 19.1 Å². The van der Waals surface area contributed by atoms with E-state index in [1.54, 1.807) is 36.1 Å². The van der Waals surface area contributed by atoms with Gasteiger partial charge in [-0.05, 0) is 60.4 Å². The Bertz CT molecular complexity index is 1590. The first-order valence-corrected chi connectivity index (χ1v) is 19.0. The Kier molecular flexibility index (Phi) is 17.4. The van der Waals surface area contributed by atoms with Gasteiger partial charge in [0.15, 0.2) is 5.78 Å². The lowest BCUT2D eigenvalue weighted by Crippen LogP contribution is -2.34. The topological polar surface area (TPSA) is 125 Å². The molecular weight excluding hydrogens is 663 g/mol. The third-order valence-corrected chi connectivity index (χ3v) is 9.93. The average Bonchev–Trinajstić information content (AvgIpc) is 3.62. The molecule has 272 valence electrons. The van der Waals surface area contributed by atoms with Gasteiger partial charge in [-0.2, -0.15) is 4.68 Å². The summed E-state index contributed by atoms with van der Waals surface area (Å²) in [5.74, 6) is -1.12. The van der Waals surface area contributed by atoms with Crippen molar-refractivity contribution in [1.29, 1.82) is 0 Å². The van der Waals surface area contributed by atoms with Crippen molar-refractivity contribution in [2.45, 2.75) is 113 Å². The van der Waals surface area contributed by atoms with E-state index in [4.69, 9.17) is 9.47 Å². The zero-order chi connectivity index (χ0) is 36.1.